The number of ether oxygens (including phenoxy) is 2. The van der Waals surface area contributed by atoms with Crippen molar-refractivity contribution < 1.29 is 19.7 Å². The predicted octanol–water partition coefficient (Wildman–Crippen LogP) is -1.81. The number of aliphatic hydroxyl groups is 2. The standard InChI is InChI=1S/C11H16N2O6/c1-2-18-9-8(16)6(5-14)19-10(9)13-4-3-7(15)12-11(13)17/h3-4,6,8-10,14,16H,2,5H2,1H3,(H,12,15,17)/t6?,8-,9?,10?/m1/s1. The summed E-state index contributed by atoms with van der Waals surface area (Å²) in [6.07, 6.45) is -2.29. The van der Waals surface area contributed by atoms with Gasteiger partial charge in [-0.1, -0.05) is 0 Å². The Labute approximate surface area is 108 Å². The van der Waals surface area contributed by atoms with Crippen molar-refractivity contribution in [2.45, 2.75) is 31.5 Å². The Bertz CT molecular complexity index is 538. The zero-order valence-corrected chi connectivity index (χ0v) is 10.4. The van der Waals surface area contributed by atoms with Crippen molar-refractivity contribution in [3.63, 3.8) is 0 Å². The minimum absolute atomic E-state index is 0.317. The highest BCUT2D eigenvalue weighted by Gasteiger charge is 2.45. The third-order valence-electron chi connectivity index (χ3n) is 2.98. The van der Waals surface area contributed by atoms with Crippen molar-refractivity contribution in [3.05, 3.63) is 33.1 Å². The summed E-state index contributed by atoms with van der Waals surface area (Å²) in [7, 11) is 0. The van der Waals surface area contributed by atoms with E-state index in [0.717, 1.165) is 4.57 Å². The molecule has 106 valence electrons. The van der Waals surface area contributed by atoms with Crippen molar-refractivity contribution >= 4 is 0 Å². The van der Waals surface area contributed by atoms with Crippen LogP contribution in [0.2, 0.25) is 0 Å². The van der Waals surface area contributed by atoms with Crippen molar-refractivity contribution in [3.8, 4) is 0 Å². The molecule has 0 radical (unpaired) electrons. The molecule has 2 rings (SSSR count). The highest BCUT2D eigenvalue weighted by atomic mass is 16.6. The maximum absolute atomic E-state index is 11.7. The third kappa shape index (κ3) is 2.61. The lowest BCUT2D eigenvalue weighted by molar-refractivity contribution is -0.0717. The van der Waals surface area contributed by atoms with Crippen molar-refractivity contribution in [2.75, 3.05) is 13.2 Å². The molecule has 1 aromatic rings. The van der Waals surface area contributed by atoms with Crippen LogP contribution < -0.4 is 11.2 Å². The van der Waals surface area contributed by atoms with Crippen molar-refractivity contribution in [1.82, 2.24) is 9.55 Å². The average molecular weight is 272 g/mol. The number of hydrogen-bond acceptors (Lipinski definition) is 6. The van der Waals surface area contributed by atoms with Gasteiger partial charge in [0, 0.05) is 18.9 Å². The summed E-state index contributed by atoms with van der Waals surface area (Å²) in [5.41, 5.74) is -1.18. The number of H-pyrrole nitrogens is 1. The average Bonchev–Trinajstić information content (AvgIpc) is 2.68. The molecule has 1 fully saturated rings. The first-order valence-corrected chi connectivity index (χ1v) is 5.96. The van der Waals surface area contributed by atoms with Gasteiger partial charge in [-0.05, 0) is 6.92 Å². The Hall–Kier alpha value is -1.48. The summed E-state index contributed by atoms with van der Waals surface area (Å²) >= 11 is 0. The molecule has 4 atom stereocenters. The van der Waals surface area contributed by atoms with Gasteiger partial charge < -0.3 is 19.7 Å². The lowest BCUT2D eigenvalue weighted by Crippen LogP contribution is -2.39. The van der Waals surface area contributed by atoms with E-state index < -0.39 is 35.8 Å². The molecule has 1 aliphatic heterocycles. The first kappa shape index (κ1) is 13.9. The van der Waals surface area contributed by atoms with E-state index in [1.807, 2.05) is 0 Å². The van der Waals surface area contributed by atoms with Crippen molar-refractivity contribution in [1.29, 1.82) is 0 Å². The second-order valence-electron chi connectivity index (χ2n) is 4.18. The second-order valence-corrected chi connectivity index (χ2v) is 4.18. The minimum atomic E-state index is -1.05. The van der Waals surface area contributed by atoms with Crippen LogP contribution in [0.4, 0.5) is 0 Å². The van der Waals surface area contributed by atoms with Crippen LogP contribution in [0.25, 0.3) is 0 Å². The largest absolute Gasteiger partial charge is 0.394 e. The summed E-state index contributed by atoms with van der Waals surface area (Å²) in [5.74, 6) is 0. The molecule has 0 spiro atoms. The fourth-order valence-corrected chi connectivity index (χ4v) is 2.09. The summed E-state index contributed by atoms with van der Waals surface area (Å²) in [6.45, 7) is 1.67. The van der Waals surface area contributed by atoms with Gasteiger partial charge in [-0.25, -0.2) is 4.79 Å². The molecular formula is C11H16N2O6. The molecular weight excluding hydrogens is 256 g/mol. The van der Waals surface area contributed by atoms with Gasteiger partial charge in [0.05, 0.1) is 6.61 Å². The van der Waals surface area contributed by atoms with E-state index in [0.29, 0.717) is 6.61 Å². The van der Waals surface area contributed by atoms with Crippen LogP contribution >= 0.6 is 0 Å². The topological polar surface area (TPSA) is 114 Å². The number of nitrogens with zero attached hydrogens (tertiary/aromatic N) is 1. The van der Waals surface area contributed by atoms with E-state index in [-0.39, 0.29) is 6.61 Å². The van der Waals surface area contributed by atoms with Crippen molar-refractivity contribution in [2.24, 2.45) is 0 Å². The summed E-state index contributed by atoms with van der Waals surface area (Å²) < 4.78 is 11.9. The van der Waals surface area contributed by atoms with Crippen LogP contribution in [0.5, 0.6) is 0 Å². The molecule has 8 heteroatoms. The van der Waals surface area contributed by atoms with Crippen LogP contribution in [0, 0.1) is 0 Å². The molecule has 3 unspecified atom stereocenters. The Morgan fingerprint density at radius 3 is 2.84 bits per heavy atom. The maximum Gasteiger partial charge on any atom is 0.330 e. The Morgan fingerprint density at radius 2 is 2.26 bits per heavy atom. The van der Waals surface area contributed by atoms with Gasteiger partial charge in [-0.15, -0.1) is 0 Å². The van der Waals surface area contributed by atoms with E-state index in [1.165, 1.54) is 12.3 Å². The lowest BCUT2D eigenvalue weighted by atomic mass is 10.1. The number of hydrogen-bond donors (Lipinski definition) is 3. The van der Waals surface area contributed by atoms with E-state index in [2.05, 4.69) is 4.98 Å². The summed E-state index contributed by atoms with van der Waals surface area (Å²) in [5, 5.41) is 19.1. The predicted molar refractivity (Wildman–Crippen MR) is 63.7 cm³/mol. The first-order valence-electron chi connectivity index (χ1n) is 5.96. The molecule has 0 saturated carbocycles. The highest BCUT2D eigenvalue weighted by Crippen LogP contribution is 2.30. The van der Waals surface area contributed by atoms with Gasteiger partial charge >= 0.3 is 5.69 Å². The number of nitrogens with one attached hydrogen (secondary N) is 1. The second kappa shape index (κ2) is 5.66. The monoisotopic (exact) mass is 272 g/mol. The molecule has 1 aromatic heterocycles. The van der Waals surface area contributed by atoms with E-state index in [1.54, 1.807) is 6.92 Å². The van der Waals surface area contributed by atoms with Gasteiger partial charge in [0.2, 0.25) is 0 Å². The Kier molecular flexibility index (Phi) is 4.15. The fourth-order valence-electron chi connectivity index (χ4n) is 2.09. The molecule has 1 aliphatic rings. The van der Waals surface area contributed by atoms with Gasteiger partial charge in [-0.3, -0.25) is 14.3 Å². The quantitative estimate of drug-likeness (QED) is 0.595. The van der Waals surface area contributed by atoms with E-state index in [4.69, 9.17) is 14.6 Å². The Morgan fingerprint density at radius 1 is 1.53 bits per heavy atom. The molecule has 2 heterocycles. The Balaban J connectivity index is 2.36. The molecule has 0 amide bonds. The normalized spacial score (nSPS) is 30.7. The molecule has 8 nitrogen and oxygen atoms in total. The molecule has 3 N–H and O–H groups in total. The first-order chi connectivity index (χ1) is 9.08. The fraction of sp³-hybridized carbons (Fsp3) is 0.636. The van der Waals surface area contributed by atoms with Crippen LogP contribution in [0.1, 0.15) is 13.2 Å². The number of aromatic amines is 1. The number of aliphatic hydroxyl groups excluding tert-OH is 2. The van der Waals surface area contributed by atoms with Gasteiger partial charge in [-0.2, -0.15) is 0 Å². The van der Waals surface area contributed by atoms with Crippen LogP contribution in [0.15, 0.2) is 21.9 Å². The number of aromatic nitrogens is 2. The molecule has 1 saturated heterocycles. The van der Waals surface area contributed by atoms with Crippen LogP contribution in [-0.4, -0.2) is 51.3 Å². The highest BCUT2D eigenvalue weighted by molar-refractivity contribution is 4.93. The van der Waals surface area contributed by atoms with Crippen LogP contribution in [0.3, 0.4) is 0 Å². The molecule has 0 aromatic carbocycles. The molecule has 0 aliphatic carbocycles. The minimum Gasteiger partial charge on any atom is -0.394 e. The van der Waals surface area contributed by atoms with Crippen LogP contribution in [-0.2, 0) is 9.47 Å². The maximum atomic E-state index is 11.7. The van der Waals surface area contributed by atoms with Gasteiger partial charge in [0.25, 0.3) is 5.56 Å². The number of rotatable bonds is 4. The smallest absolute Gasteiger partial charge is 0.330 e. The SMILES string of the molecule is CCOC1C(n2ccc(=O)[nH]c2=O)OC(CO)[C@H]1O. The summed E-state index contributed by atoms with van der Waals surface area (Å²) in [4.78, 5) is 24.8. The van der Waals surface area contributed by atoms with E-state index in [9.17, 15) is 14.7 Å². The lowest BCUT2D eigenvalue weighted by Gasteiger charge is -2.21. The van der Waals surface area contributed by atoms with Gasteiger partial charge in [0.15, 0.2) is 6.23 Å². The molecule has 19 heavy (non-hydrogen) atoms. The summed E-state index contributed by atoms with van der Waals surface area (Å²) in [6, 6.07) is 1.17. The zero-order valence-electron chi connectivity index (χ0n) is 10.4. The zero-order chi connectivity index (χ0) is 14.0. The van der Waals surface area contributed by atoms with E-state index >= 15 is 0 Å². The van der Waals surface area contributed by atoms with Gasteiger partial charge in [0.1, 0.15) is 18.3 Å². The molecule has 0 bridgehead atoms. The third-order valence-corrected chi connectivity index (χ3v) is 2.98.